The first-order chi connectivity index (χ1) is 37.7. The Balaban J connectivity index is 1.05. The molecule has 1 unspecified atom stereocenters. The van der Waals surface area contributed by atoms with Crippen LogP contribution in [-0.2, 0) is 5.41 Å². The Morgan fingerprint density at radius 1 is 0.303 bits per heavy atom. The van der Waals surface area contributed by atoms with Crippen LogP contribution in [0.2, 0.25) is 0 Å². The molecule has 16 rings (SSSR count). The van der Waals surface area contributed by atoms with Gasteiger partial charge in [0, 0.05) is 48.4 Å². The summed E-state index contributed by atoms with van der Waals surface area (Å²) >= 11 is 1.90. The van der Waals surface area contributed by atoms with Crippen LogP contribution in [0.5, 0.6) is 0 Å². The van der Waals surface area contributed by atoms with E-state index in [-0.39, 0.29) is 0 Å². The van der Waals surface area contributed by atoms with Crippen molar-refractivity contribution in [3.05, 3.63) is 301 Å². The van der Waals surface area contributed by atoms with Crippen molar-refractivity contribution in [2.45, 2.75) is 5.41 Å². The predicted octanol–water partition coefficient (Wildman–Crippen LogP) is 20.3. The number of nitrogens with zero attached hydrogens (tertiary/aromatic N) is 2. The van der Waals surface area contributed by atoms with Gasteiger partial charge in [-0.1, -0.05) is 212 Å². The van der Waals surface area contributed by atoms with Crippen molar-refractivity contribution >= 4 is 65.6 Å². The highest BCUT2D eigenvalue weighted by molar-refractivity contribution is 7.25. The van der Waals surface area contributed by atoms with E-state index >= 15 is 0 Å². The molecule has 1 aromatic heterocycles. The number of anilines is 6. The van der Waals surface area contributed by atoms with Gasteiger partial charge in [0.1, 0.15) is 0 Å². The molecule has 76 heavy (non-hydrogen) atoms. The number of hydrogen-bond donors (Lipinski definition) is 0. The van der Waals surface area contributed by atoms with Crippen LogP contribution in [0.15, 0.2) is 279 Å². The number of para-hydroxylation sites is 3. The Kier molecular flexibility index (Phi) is 9.45. The van der Waals surface area contributed by atoms with E-state index in [1.165, 1.54) is 98.1 Å². The van der Waals surface area contributed by atoms with Crippen molar-refractivity contribution in [2.75, 3.05) is 9.80 Å². The van der Waals surface area contributed by atoms with Crippen LogP contribution in [0.3, 0.4) is 0 Å². The lowest BCUT2D eigenvalue weighted by molar-refractivity contribution is 0.776. The van der Waals surface area contributed by atoms with Crippen molar-refractivity contribution in [2.24, 2.45) is 0 Å². The lowest BCUT2D eigenvalue weighted by Gasteiger charge is -2.37. The topological polar surface area (TPSA) is 6.48 Å². The highest BCUT2D eigenvalue weighted by Gasteiger charge is 2.50. The van der Waals surface area contributed by atoms with E-state index in [2.05, 4.69) is 289 Å². The van der Waals surface area contributed by atoms with Crippen molar-refractivity contribution in [3.8, 4) is 66.8 Å². The average molecular weight is 983 g/mol. The van der Waals surface area contributed by atoms with Crippen molar-refractivity contribution < 1.29 is 0 Å². The lowest BCUT2D eigenvalue weighted by Crippen LogP contribution is -2.29. The number of thiophene rings is 1. The molecule has 0 amide bonds. The van der Waals surface area contributed by atoms with E-state index in [1.54, 1.807) is 0 Å². The van der Waals surface area contributed by atoms with Crippen LogP contribution < -0.4 is 9.80 Å². The third kappa shape index (κ3) is 6.15. The molecule has 354 valence electrons. The van der Waals surface area contributed by atoms with Gasteiger partial charge in [-0.2, -0.15) is 0 Å². The molecule has 0 bridgehead atoms. The van der Waals surface area contributed by atoms with E-state index < -0.39 is 5.41 Å². The zero-order chi connectivity index (χ0) is 49.9. The molecule has 0 saturated carbocycles. The summed E-state index contributed by atoms with van der Waals surface area (Å²) in [5.74, 6) is 0. The minimum atomic E-state index is -0.705. The maximum atomic E-state index is 2.57. The molecule has 1 aliphatic heterocycles. The standard InChI is InChI=1S/C73H46N2S/c1-3-21-47(22-4-1)48-23-19-26-50(43-48)74(69-39-20-35-61-55-30-10-9-29-54(55)59-33-13-17-38-68(59)75(72(61)69)49-24-5-2-6-25-49)51-41-42-58-53-28-8-7-27-52(53)56-31-11-15-36-64(56)73(66(58)44-51)65-37-16-12-32-57(65)62-46-71-63(45-67(62)73)60-34-14-18-40-70(60)76-71/h1-46H. The van der Waals surface area contributed by atoms with E-state index in [0.717, 1.165) is 45.3 Å². The van der Waals surface area contributed by atoms with Gasteiger partial charge in [-0.25, -0.2) is 0 Å². The summed E-state index contributed by atoms with van der Waals surface area (Å²) in [5, 5.41) is 2.60. The van der Waals surface area contributed by atoms with E-state index in [9.17, 15) is 0 Å². The summed E-state index contributed by atoms with van der Waals surface area (Å²) < 4.78 is 2.62. The summed E-state index contributed by atoms with van der Waals surface area (Å²) in [6, 6.07) is 105. The van der Waals surface area contributed by atoms with Gasteiger partial charge in [-0.15, -0.1) is 11.3 Å². The van der Waals surface area contributed by atoms with Crippen LogP contribution in [0.4, 0.5) is 34.1 Å². The average Bonchev–Trinajstić information content (AvgIpc) is 4.15. The summed E-state index contributed by atoms with van der Waals surface area (Å²) in [5.41, 5.74) is 25.6. The molecule has 0 radical (unpaired) electrons. The van der Waals surface area contributed by atoms with Crippen LogP contribution >= 0.6 is 11.3 Å². The second kappa shape index (κ2) is 16.7. The molecule has 2 aliphatic carbocycles. The lowest BCUT2D eigenvalue weighted by atomic mass is 9.65. The molecule has 0 saturated heterocycles. The monoisotopic (exact) mass is 982 g/mol. The van der Waals surface area contributed by atoms with Gasteiger partial charge in [0.2, 0.25) is 0 Å². The van der Waals surface area contributed by atoms with Gasteiger partial charge in [0.15, 0.2) is 0 Å². The van der Waals surface area contributed by atoms with Gasteiger partial charge < -0.3 is 9.80 Å². The van der Waals surface area contributed by atoms with Crippen LogP contribution in [0, 0.1) is 0 Å². The first-order valence-electron chi connectivity index (χ1n) is 26.2. The number of rotatable bonds is 5. The molecule has 12 aromatic carbocycles. The van der Waals surface area contributed by atoms with Crippen LogP contribution in [-0.4, -0.2) is 0 Å². The molecule has 1 atom stereocenters. The molecule has 3 heteroatoms. The number of fused-ring (bicyclic) bond motifs is 20. The third-order valence-electron chi connectivity index (χ3n) is 16.4. The van der Waals surface area contributed by atoms with E-state index in [4.69, 9.17) is 0 Å². The number of hydrogen-bond acceptors (Lipinski definition) is 3. The van der Waals surface area contributed by atoms with Gasteiger partial charge in [-0.3, -0.25) is 0 Å². The fourth-order valence-corrected chi connectivity index (χ4v) is 14.4. The molecular formula is C73H46N2S. The molecule has 2 heterocycles. The van der Waals surface area contributed by atoms with Gasteiger partial charge in [0.05, 0.1) is 22.5 Å². The van der Waals surface area contributed by atoms with Crippen LogP contribution in [0.1, 0.15) is 22.3 Å². The van der Waals surface area contributed by atoms with Gasteiger partial charge in [0.25, 0.3) is 0 Å². The second-order valence-electron chi connectivity index (χ2n) is 20.3. The summed E-state index contributed by atoms with van der Waals surface area (Å²) in [6.07, 6.45) is 0. The number of benzene rings is 12. The third-order valence-corrected chi connectivity index (χ3v) is 17.5. The maximum absolute atomic E-state index is 2.57. The highest BCUT2D eigenvalue weighted by Crippen LogP contribution is 2.64. The second-order valence-corrected chi connectivity index (χ2v) is 21.4. The summed E-state index contributed by atoms with van der Waals surface area (Å²) in [7, 11) is 0. The van der Waals surface area contributed by atoms with Crippen molar-refractivity contribution in [1.82, 2.24) is 0 Å². The fourth-order valence-electron chi connectivity index (χ4n) is 13.3. The van der Waals surface area contributed by atoms with Gasteiger partial charge >= 0.3 is 0 Å². The Hall–Kier alpha value is -9.54. The Bertz CT molecular complexity index is 4490. The van der Waals surface area contributed by atoms with E-state index in [1.807, 2.05) is 11.3 Å². The fraction of sp³-hybridized carbons (Fsp3) is 0.0137. The molecule has 1 spiro atoms. The normalized spacial score (nSPS) is 14.3. The maximum Gasteiger partial charge on any atom is 0.0781 e. The molecule has 13 aromatic rings. The first kappa shape index (κ1) is 42.9. The van der Waals surface area contributed by atoms with Crippen LogP contribution in [0.25, 0.3) is 86.9 Å². The zero-order valence-electron chi connectivity index (χ0n) is 41.4. The summed E-state index contributed by atoms with van der Waals surface area (Å²) in [4.78, 5) is 5.05. The first-order valence-corrected chi connectivity index (χ1v) is 27.1. The molecule has 0 fully saturated rings. The highest BCUT2D eigenvalue weighted by atomic mass is 32.1. The smallest absolute Gasteiger partial charge is 0.0781 e. The van der Waals surface area contributed by atoms with E-state index in [0.29, 0.717) is 0 Å². The quantitative estimate of drug-likeness (QED) is 0.170. The Labute approximate surface area is 446 Å². The molecule has 0 N–H and O–H groups in total. The molecular weight excluding hydrogens is 937 g/mol. The molecule has 2 nitrogen and oxygen atoms in total. The minimum absolute atomic E-state index is 0.705. The summed E-state index contributed by atoms with van der Waals surface area (Å²) in [6.45, 7) is 0. The minimum Gasteiger partial charge on any atom is -0.308 e. The Morgan fingerprint density at radius 2 is 0.829 bits per heavy atom. The largest absolute Gasteiger partial charge is 0.308 e. The molecule has 3 aliphatic rings. The Morgan fingerprint density at radius 3 is 1.58 bits per heavy atom. The van der Waals surface area contributed by atoms with Crippen molar-refractivity contribution in [1.29, 1.82) is 0 Å². The zero-order valence-corrected chi connectivity index (χ0v) is 42.2. The SMILES string of the molecule is c1ccc(-c2cccc(N(c3ccc4c(c3)C3(c5ccccc5-c5ccccc5-4)c4ccccc4-c4cc5sc6ccccc6c5cc43)c3cccc4c3N(c3ccccc3)c3ccccc3-c3ccccc3-4)c2)cc1. The van der Waals surface area contributed by atoms with Crippen molar-refractivity contribution in [3.63, 3.8) is 0 Å². The van der Waals surface area contributed by atoms with Gasteiger partial charge in [-0.05, 0) is 145 Å². The predicted molar refractivity (Wildman–Crippen MR) is 320 cm³/mol.